The molecule has 0 radical (unpaired) electrons. The first-order valence-corrected chi connectivity index (χ1v) is 7.72. The summed E-state index contributed by atoms with van der Waals surface area (Å²) in [5, 5.41) is 4.31. The lowest BCUT2D eigenvalue weighted by Gasteiger charge is -2.32. The van der Waals surface area contributed by atoms with Crippen molar-refractivity contribution in [2.75, 3.05) is 19.6 Å². The van der Waals surface area contributed by atoms with Gasteiger partial charge in [0.15, 0.2) is 5.78 Å². The molecule has 1 aliphatic rings. The van der Waals surface area contributed by atoms with E-state index in [1.165, 1.54) is 12.1 Å². The van der Waals surface area contributed by atoms with Crippen LogP contribution in [-0.2, 0) is 0 Å². The molecule has 3 rings (SSSR count). The van der Waals surface area contributed by atoms with E-state index >= 15 is 0 Å². The molecular formula is C17H20FN3O. The molecule has 4 nitrogen and oxygen atoms in total. The van der Waals surface area contributed by atoms with E-state index in [2.05, 4.69) is 10.00 Å². The molecule has 0 N–H and O–H groups in total. The molecule has 0 unspecified atom stereocenters. The molecule has 2 heterocycles. The first kappa shape index (κ1) is 14.9. The maximum absolute atomic E-state index is 12.9. The van der Waals surface area contributed by atoms with Gasteiger partial charge in [-0.25, -0.2) is 4.39 Å². The van der Waals surface area contributed by atoms with Gasteiger partial charge in [0, 0.05) is 37.5 Å². The predicted octanol–water partition coefficient (Wildman–Crippen LogP) is 2.93. The van der Waals surface area contributed by atoms with E-state index in [1.807, 2.05) is 16.9 Å². The molecule has 1 saturated heterocycles. The largest absolute Gasteiger partial charge is 0.301 e. The third kappa shape index (κ3) is 3.60. The van der Waals surface area contributed by atoms with Crippen LogP contribution in [0.5, 0.6) is 0 Å². The molecule has 1 aromatic heterocycles. The summed E-state index contributed by atoms with van der Waals surface area (Å²) in [5.41, 5.74) is 0.585. The summed E-state index contributed by atoms with van der Waals surface area (Å²) in [6.07, 6.45) is 6.52. The number of Topliss-reactive ketones (excluding diaryl/α,β-unsaturated/α-hetero) is 1. The third-order valence-corrected chi connectivity index (χ3v) is 4.20. The second kappa shape index (κ2) is 6.83. The minimum atomic E-state index is -0.311. The molecule has 22 heavy (non-hydrogen) atoms. The van der Waals surface area contributed by atoms with Crippen LogP contribution < -0.4 is 0 Å². The lowest BCUT2D eigenvalue weighted by atomic mass is 10.0. The molecule has 1 aromatic carbocycles. The van der Waals surface area contributed by atoms with Crippen molar-refractivity contribution in [2.24, 2.45) is 0 Å². The minimum Gasteiger partial charge on any atom is -0.301 e. The maximum atomic E-state index is 12.9. The van der Waals surface area contributed by atoms with E-state index in [-0.39, 0.29) is 11.6 Å². The van der Waals surface area contributed by atoms with Crippen molar-refractivity contribution < 1.29 is 9.18 Å². The van der Waals surface area contributed by atoms with Gasteiger partial charge >= 0.3 is 0 Å². The molecular weight excluding hydrogens is 281 g/mol. The van der Waals surface area contributed by atoms with Gasteiger partial charge in [0.25, 0.3) is 0 Å². The molecule has 116 valence electrons. The highest BCUT2D eigenvalue weighted by atomic mass is 19.1. The number of nitrogens with zero attached hydrogens (tertiary/aromatic N) is 3. The fraction of sp³-hybridized carbons (Fsp3) is 0.412. The van der Waals surface area contributed by atoms with Gasteiger partial charge in [0.05, 0.1) is 6.04 Å². The maximum Gasteiger partial charge on any atom is 0.164 e. The molecule has 1 aliphatic heterocycles. The van der Waals surface area contributed by atoms with Crippen molar-refractivity contribution in [2.45, 2.75) is 25.3 Å². The standard InChI is InChI=1S/C17H20FN3O/c18-15-6-4-14(5-7-15)17(22)8-12-20-10-1-3-16(13-20)21-11-2-9-19-21/h2,4-7,9,11,16H,1,3,8,10,12-13H2/t16-/m0/s1. The van der Waals surface area contributed by atoms with Gasteiger partial charge in [-0.1, -0.05) is 0 Å². The number of hydrogen-bond acceptors (Lipinski definition) is 3. The smallest absolute Gasteiger partial charge is 0.164 e. The summed E-state index contributed by atoms with van der Waals surface area (Å²) in [4.78, 5) is 14.5. The normalized spacial score (nSPS) is 19.2. The quantitative estimate of drug-likeness (QED) is 0.797. The summed E-state index contributed by atoms with van der Waals surface area (Å²) in [5.74, 6) is -0.240. The Morgan fingerprint density at radius 2 is 2.14 bits per heavy atom. The first-order valence-electron chi connectivity index (χ1n) is 7.72. The zero-order valence-electron chi connectivity index (χ0n) is 12.5. The minimum absolute atomic E-state index is 0.0706. The van der Waals surface area contributed by atoms with Crippen LogP contribution in [0, 0.1) is 5.82 Å². The molecule has 0 bridgehead atoms. The fourth-order valence-electron chi connectivity index (χ4n) is 2.99. The van der Waals surface area contributed by atoms with Gasteiger partial charge in [-0.05, 0) is 49.7 Å². The number of rotatable bonds is 5. The predicted molar refractivity (Wildman–Crippen MR) is 82.3 cm³/mol. The fourth-order valence-corrected chi connectivity index (χ4v) is 2.99. The Kier molecular flexibility index (Phi) is 4.63. The van der Waals surface area contributed by atoms with Crippen LogP contribution in [-0.4, -0.2) is 40.1 Å². The van der Waals surface area contributed by atoms with Crippen LogP contribution in [0.25, 0.3) is 0 Å². The number of benzene rings is 1. The highest BCUT2D eigenvalue weighted by Crippen LogP contribution is 2.20. The lowest BCUT2D eigenvalue weighted by molar-refractivity contribution is 0.0946. The van der Waals surface area contributed by atoms with E-state index in [0.29, 0.717) is 18.0 Å². The molecule has 1 fully saturated rings. The third-order valence-electron chi connectivity index (χ3n) is 4.20. The van der Waals surface area contributed by atoms with Crippen LogP contribution in [0.1, 0.15) is 35.7 Å². The van der Waals surface area contributed by atoms with Crippen molar-refractivity contribution in [3.63, 3.8) is 0 Å². The number of carbonyl (C=O) groups is 1. The second-order valence-electron chi connectivity index (χ2n) is 5.76. The van der Waals surface area contributed by atoms with E-state index in [4.69, 9.17) is 0 Å². The van der Waals surface area contributed by atoms with Gasteiger partial charge in [-0.15, -0.1) is 0 Å². The molecule has 2 aromatic rings. The zero-order chi connectivity index (χ0) is 15.4. The summed E-state index contributed by atoms with van der Waals surface area (Å²) in [6, 6.07) is 8.12. The summed E-state index contributed by atoms with van der Waals surface area (Å²) in [6.45, 7) is 2.70. The zero-order valence-corrected chi connectivity index (χ0v) is 12.5. The topological polar surface area (TPSA) is 38.1 Å². The molecule has 0 aliphatic carbocycles. The highest BCUT2D eigenvalue weighted by molar-refractivity contribution is 5.96. The molecule has 0 spiro atoms. The van der Waals surface area contributed by atoms with Gasteiger partial charge in [-0.2, -0.15) is 5.10 Å². The number of likely N-dealkylation sites (tertiary alicyclic amines) is 1. The average Bonchev–Trinajstić information content (AvgIpc) is 3.08. The Morgan fingerprint density at radius 3 is 2.86 bits per heavy atom. The van der Waals surface area contributed by atoms with Crippen molar-refractivity contribution in [1.82, 2.24) is 14.7 Å². The van der Waals surface area contributed by atoms with Crippen LogP contribution in [0.4, 0.5) is 4.39 Å². The van der Waals surface area contributed by atoms with Crippen LogP contribution in [0.15, 0.2) is 42.7 Å². The van der Waals surface area contributed by atoms with Gasteiger partial charge < -0.3 is 4.90 Å². The average molecular weight is 301 g/mol. The molecule has 1 atom stereocenters. The van der Waals surface area contributed by atoms with E-state index in [0.717, 1.165) is 32.5 Å². The van der Waals surface area contributed by atoms with Crippen LogP contribution >= 0.6 is 0 Å². The molecule has 0 amide bonds. The lowest BCUT2D eigenvalue weighted by Crippen LogP contribution is -2.37. The number of halogens is 1. The monoisotopic (exact) mass is 301 g/mol. The highest BCUT2D eigenvalue weighted by Gasteiger charge is 2.21. The first-order chi connectivity index (χ1) is 10.7. The van der Waals surface area contributed by atoms with Gasteiger partial charge in [0.2, 0.25) is 0 Å². The summed E-state index contributed by atoms with van der Waals surface area (Å²) >= 11 is 0. The number of hydrogen-bond donors (Lipinski definition) is 0. The van der Waals surface area contributed by atoms with Crippen molar-refractivity contribution >= 4 is 5.78 Å². The van der Waals surface area contributed by atoms with Gasteiger partial charge in [-0.3, -0.25) is 9.48 Å². The van der Waals surface area contributed by atoms with E-state index < -0.39 is 0 Å². The number of carbonyl (C=O) groups excluding carboxylic acids is 1. The van der Waals surface area contributed by atoms with Crippen molar-refractivity contribution in [3.8, 4) is 0 Å². The summed E-state index contributed by atoms with van der Waals surface area (Å²) < 4.78 is 14.9. The van der Waals surface area contributed by atoms with Crippen LogP contribution in [0.2, 0.25) is 0 Å². The number of aromatic nitrogens is 2. The Labute approximate surface area is 129 Å². The Morgan fingerprint density at radius 1 is 1.32 bits per heavy atom. The second-order valence-corrected chi connectivity index (χ2v) is 5.76. The molecule has 0 saturated carbocycles. The SMILES string of the molecule is O=C(CCN1CCC[C@H](n2cccn2)C1)c1ccc(F)cc1. The molecule has 5 heteroatoms. The van der Waals surface area contributed by atoms with Crippen molar-refractivity contribution in [1.29, 1.82) is 0 Å². The Hall–Kier alpha value is -2.01. The summed E-state index contributed by atoms with van der Waals surface area (Å²) in [7, 11) is 0. The van der Waals surface area contributed by atoms with Crippen molar-refractivity contribution in [3.05, 3.63) is 54.1 Å². The van der Waals surface area contributed by atoms with Gasteiger partial charge in [0.1, 0.15) is 5.82 Å². The number of ketones is 1. The van der Waals surface area contributed by atoms with E-state index in [9.17, 15) is 9.18 Å². The number of piperidine rings is 1. The Bertz CT molecular complexity index is 609. The van der Waals surface area contributed by atoms with Crippen LogP contribution in [0.3, 0.4) is 0 Å². The Balaban J connectivity index is 1.52. The van der Waals surface area contributed by atoms with E-state index in [1.54, 1.807) is 18.3 Å².